The Hall–Kier alpha value is -1.25. The van der Waals surface area contributed by atoms with E-state index in [1.165, 1.54) is 0 Å². The highest BCUT2D eigenvalue weighted by atomic mass is 15.2. The van der Waals surface area contributed by atoms with Crippen LogP contribution in [0.1, 0.15) is 37.0 Å². The van der Waals surface area contributed by atoms with E-state index < -0.39 is 0 Å². The van der Waals surface area contributed by atoms with Crippen molar-refractivity contribution < 1.29 is 0 Å². The molecule has 1 aliphatic carbocycles. The normalized spacial score (nSPS) is 13.9. The first kappa shape index (κ1) is 7.40. The fourth-order valence-electron chi connectivity index (χ4n) is 1.18. The third kappa shape index (κ3) is 1.11. The van der Waals surface area contributed by atoms with E-state index in [1.807, 2.05) is 6.08 Å². The lowest BCUT2D eigenvalue weighted by atomic mass is 10.2. The maximum absolute atomic E-state index is 4.39. The summed E-state index contributed by atoms with van der Waals surface area (Å²) < 4.78 is 0. The summed E-state index contributed by atoms with van der Waals surface area (Å²) in [5.41, 5.74) is 1.99. The van der Waals surface area contributed by atoms with Crippen LogP contribution in [0.25, 0.3) is 6.08 Å². The largest absolute Gasteiger partial charge is 0.229 e. The Morgan fingerprint density at radius 2 is 2.17 bits per heavy atom. The summed E-state index contributed by atoms with van der Waals surface area (Å²) in [6.45, 7) is 4.14. The van der Waals surface area contributed by atoms with Crippen molar-refractivity contribution in [2.75, 3.05) is 0 Å². The van der Waals surface area contributed by atoms with Crippen LogP contribution in [0.2, 0.25) is 0 Å². The lowest BCUT2D eigenvalue weighted by Crippen LogP contribution is -2.03. The minimum absolute atomic E-state index is 0.358. The number of fused-ring (bicyclic) bond motifs is 1. The zero-order valence-electron chi connectivity index (χ0n) is 7.28. The molecule has 3 nitrogen and oxygen atoms in total. The van der Waals surface area contributed by atoms with E-state index in [2.05, 4.69) is 35.1 Å². The average Bonchev–Trinajstić information content (AvgIpc) is 2.49. The molecule has 1 heterocycles. The lowest BCUT2D eigenvalue weighted by Gasteiger charge is -2.03. The summed E-state index contributed by atoms with van der Waals surface area (Å²) in [5, 5.41) is 8.15. The monoisotopic (exact) mass is 161 g/mol. The number of aromatic nitrogens is 3. The molecule has 3 heteroatoms. The van der Waals surface area contributed by atoms with Gasteiger partial charge in [0, 0.05) is 12.3 Å². The Morgan fingerprint density at radius 1 is 1.33 bits per heavy atom. The van der Waals surface area contributed by atoms with Gasteiger partial charge in [-0.05, 0) is 6.08 Å². The van der Waals surface area contributed by atoms with Gasteiger partial charge in [-0.1, -0.05) is 19.9 Å². The van der Waals surface area contributed by atoms with E-state index in [4.69, 9.17) is 0 Å². The van der Waals surface area contributed by atoms with E-state index in [0.29, 0.717) is 5.92 Å². The van der Waals surface area contributed by atoms with Gasteiger partial charge in [0.2, 0.25) is 0 Å². The second-order valence-electron chi connectivity index (χ2n) is 3.26. The molecule has 0 fully saturated rings. The van der Waals surface area contributed by atoms with E-state index in [9.17, 15) is 0 Å². The number of nitrogens with zero attached hydrogens (tertiary/aromatic N) is 3. The third-order valence-corrected chi connectivity index (χ3v) is 1.91. The predicted molar refractivity (Wildman–Crippen MR) is 46.7 cm³/mol. The quantitative estimate of drug-likeness (QED) is 0.627. The Labute approximate surface area is 71.6 Å². The number of hydrogen-bond acceptors (Lipinski definition) is 3. The van der Waals surface area contributed by atoms with Gasteiger partial charge in [-0.15, -0.1) is 5.10 Å². The molecular formula is C9H11N3. The summed E-state index contributed by atoms with van der Waals surface area (Å²) in [6.07, 6.45) is 4.96. The van der Waals surface area contributed by atoms with Gasteiger partial charge in [0.15, 0.2) is 5.82 Å². The Morgan fingerprint density at radius 3 is 2.92 bits per heavy atom. The molecule has 1 aromatic rings. The van der Waals surface area contributed by atoms with Crippen LogP contribution in [0.4, 0.5) is 0 Å². The summed E-state index contributed by atoms with van der Waals surface area (Å²) in [6, 6.07) is 0. The molecule has 0 amide bonds. The van der Waals surface area contributed by atoms with Crippen molar-refractivity contribution in [1.82, 2.24) is 15.2 Å². The van der Waals surface area contributed by atoms with E-state index >= 15 is 0 Å². The van der Waals surface area contributed by atoms with Crippen molar-refractivity contribution in [3.05, 3.63) is 23.3 Å². The lowest BCUT2D eigenvalue weighted by molar-refractivity contribution is 0.721. The molecule has 0 bridgehead atoms. The van der Waals surface area contributed by atoms with Crippen molar-refractivity contribution in [2.45, 2.75) is 26.2 Å². The average molecular weight is 161 g/mol. The van der Waals surface area contributed by atoms with Gasteiger partial charge >= 0.3 is 0 Å². The topological polar surface area (TPSA) is 38.7 Å². The van der Waals surface area contributed by atoms with Crippen molar-refractivity contribution in [1.29, 1.82) is 0 Å². The fourth-order valence-corrected chi connectivity index (χ4v) is 1.18. The van der Waals surface area contributed by atoms with Gasteiger partial charge in [-0.25, -0.2) is 4.98 Å². The molecule has 0 aliphatic heterocycles. The Kier molecular flexibility index (Phi) is 1.64. The van der Waals surface area contributed by atoms with Gasteiger partial charge in [0.1, 0.15) is 0 Å². The van der Waals surface area contributed by atoms with E-state index in [-0.39, 0.29) is 0 Å². The molecule has 1 aromatic heterocycles. The predicted octanol–water partition coefficient (Wildman–Crippen LogP) is 1.56. The maximum atomic E-state index is 4.39. The minimum atomic E-state index is 0.358. The van der Waals surface area contributed by atoms with E-state index in [1.54, 1.807) is 0 Å². The smallest absolute Gasteiger partial charge is 0.154 e. The van der Waals surface area contributed by atoms with Gasteiger partial charge < -0.3 is 0 Å². The molecule has 12 heavy (non-hydrogen) atoms. The van der Waals surface area contributed by atoms with Gasteiger partial charge in [0.05, 0.1) is 11.4 Å². The summed E-state index contributed by atoms with van der Waals surface area (Å²) in [5.74, 6) is 1.19. The first-order valence-electron chi connectivity index (χ1n) is 4.17. The molecule has 0 spiro atoms. The number of hydrogen-bond donors (Lipinski definition) is 0. The molecule has 0 N–H and O–H groups in total. The second kappa shape index (κ2) is 2.66. The van der Waals surface area contributed by atoms with E-state index in [0.717, 1.165) is 23.6 Å². The molecule has 0 saturated carbocycles. The zero-order valence-corrected chi connectivity index (χ0v) is 7.28. The highest BCUT2D eigenvalue weighted by Crippen LogP contribution is 2.16. The first-order chi connectivity index (χ1) is 5.77. The highest BCUT2D eigenvalue weighted by molar-refractivity contribution is 5.53. The summed E-state index contributed by atoms with van der Waals surface area (Å²) in [4.78, 5) is 4.39. The van der Waals surface area contributed by atoms with Crippen LogP contribution in [0.3, 0.4) is 0 Å². The molecule has 0 saturated heterocycles. The van der Waals surface area contributed by atoms with Crippen LogP contribution in [-0.4, -0.2) is 15.2 Å². The molecule has 1 aliphatic rings. The van der Waals surface area contributed by atoms with Gasteiger partial charge in [-0.2, -0.15) is 5.10 Å². The maximum Gasteiger partial charge on any atom is 0.154 e. The molecular weight excluding hydrogens is 150 g/mol. The van der Waals surface area contributed by atoms with Crippen LogP contribution in [0, 0.1) is 0 Å². The van der Waals surface area contributed by atoms with Gasteiger partial charge in [0.25, 0.3) is 0 Å². The Bertz CT molecular complexity index is 329. The Balaban J connectivity index is 2.44. The van der Waals surface area contributed by atoms with Crippen LogP contribution in [-0.2, 0) is 6.42 Å². The number of rotatable bonds is 1. The van der Waals surface area contributed by atoms with Crippen LogP contribution < -0.4 is 0 Å². The van der Waals surface area contributed by atoms with Crippen molar-refractivity contribution in [2.24, 2.45) is 0 Å². The third-order valence-electron chi connectivity index (χ3n) is 1.91. The zero-order chi connectivity index (χ0) is 8.55. The van der Waals surface area contributed by atoms with Crippen LogP contribution >= 0.6 is 0 Å². The van der Waals surface area contributed by atoms with Crippen LogP contribution in [0.15, 0.2) is 6.08 Å². The second-order valence-corrected chi connectivity index (χ2v) is 3.26. The first-order valence-corrected chi connectivity index (χ1v) is 4.17. The standard InChI is InChI=1S/C9H11N3/c1-6(2)9-10-7-4-3-5-8(7)11-12-9/h3-4,6H,5H2,1-2H3. The molecule has 0 radical (unpaired) electrons. The fraction of sp³-hybridized carbons (Fsp3) is 0.444. The van der Waals surface area contributed by atoms with Crippen molar-refractivity contribution >= 4 is 6.08 Å². The van der Waals surface area contributed by atoms with Crippen molar-refractivity contribution in [3.63, 3.8) is 0 Å². The van der Waals surface area contributed by atoms with Crippen molar-refractivity contribution in [3.8, 4) is 0 Å². The minimum Gasteiger partial charge on any atom is -0.229 e. The molecule has 0 unspecified atom stereocenters. The molecule has 0 aromatic carbocycles. The highest BCUT2D eigenvalue weighted by Gasteiger charge is 2.11. The van der Waals surface area contributed by atoms with Gasteiger partial charge in [-0.3, -0.25) is 0 Å². The summed E-state index contributed by atoms with van der Waals surface area (Å²) in [7, 11) is 0. The SMILES string of the molecule is CC(C)c1nnc2c(n1)C=CC2. The number of allylic oxidation sites excluding steroid dienone is 1. The molecule has 0 atom stereocenters. The van der Waals surface area contributed by atoms with Crippen LogP contribution in [0.5, 0.6) is 0 Å². The molecule has 2 rings (SSSR count). The summed E-state index contributed by atoms with van der Waals surface area (Å²) >= 11 is 0. The molecule has 62 valence electrons.